The number of amides is 3. The van der Waals surface area contributed by atoms with Crippen molar-refractivity contribution in [2.45, 2.75) is 64.8 Å². The zero-order valence-corrected chi connectivity index (χ0v) is 23.8. The van der Waals surface area contributed by atoms with Gasteiger partial charge in [-0.2, -0.15) is 0 Å². The minimum absolute atomic E-state index is 0.128. The fourth-order valence-corrected chi connectivity index (χ4v) is 4.55. The number of benzene rings is 2. The molecule has 0 unspecified atom stereocenters. The third-order valence-corrected chi connectivity index (χ3v) is 7.21. The molecular formula is C31H42N4O4. The van der Waals surface area contributed by atoms with Crippen molar-refractivity contribution in [2.24, 2.45) is 11.8 Å². The van der Waals surface area contributed by atoms with E-state index in [1.165, 1.54) is 0 Å². The molecule has 0 aliphatic carbocycles. The summed E-state index contributed by atoms with van der Waals surface area (Å²) in [7, 11) is 3.69. The number of fused-ring (bicyclic) bond motifs is 10. The molecule has 2 bridgehead atoms. The standard InChI is InChI=1S/C31H42N4O4/c1-7-21(4)26-30(37)32-18-17-22-13-15-24(16-14-22)39-28(20(2)3)27(31(38)33-26)34-29(36)25(35(5)6)19-23-11-9-8-10-12-23/h8-18,20-21,25-28H,7,19H2,1-6H3,(H,32,37)(H,33,38)(H,34,36)/b18-17+/t21-,25+,26-,27-,28+/m0/s1. The average molecular weight is 535 g/mol. The summed E-state index contributed by atoms with van der Waals surface area (Å²) in [5, 5.41) is 8.73. The van der Waals surface area contributed by atoms with Crippen LogP contribution in [0.15, 0.2) is 60.8 Å². The molecule has 3 N–H and O–H groups in total. The Labute approximate surface area is 232 Å². The van der Waals surface area contributed by atoms with Crippen LogP contribution in [0.3, 0.4) is 0 Å². The van der Waals surface area contributed by atoms with Crippen LogP contribution in [0, 0.1) is 11.8 Å². The number of hydrogen-bond acceptors (Lipinski definition) is 5. The van der Waals surface area contributed by atoms with E-state index in [1.54, 1.807) is 12.3 Å². The Morgan fingerprint density at radius 1 is 1.00 bits per heavy atom. The molecule has 8 nitrogen and oxygen atoms in total. The second-order valence-corrected chi connectivity index (χ2v) is 10.8. The predicted molar refractivity (Wildman–Crippen MR) is 154 cm³/mol. The van der Waals surface area contributed by atoms with Gasteiger partial charge in [0, 0.05) is 6.20 Å². The summed E-state index contributed by atoms with van der Waals surface area (Å²) in [5.41, 5.74) is 1.91. The molecule has 2 aromatic carbocycles. The first-order valence-electron chi connectivity index (χ1n) is 13.7. The van der Waals surface area contributed by atoms with E-state index in [4.69, 9.17) is 4.74 Å². The van der Waals surface area contributed by atoms with Crippen molar-refractivity contribution in [3.05, 3.63) is 71.9 Å². The number of nitrogens with one attached hydrogen (secondary N) is 3. The van der Waals surface area contributed by atoms with Crippen molar-refractivity contribution in [3.63, 3.8) is 0 Å². The average Bonchev–Trinajstić information content (AvgIpc) is 2.92. The summed E-state index contributed by atoms with van der Waals surface area (Å²) in [6.45, 7) is 7.78. The number of carbonyl (C=O) groups is 3. The molecule has 3 amide bonds. The van der Waals surface area contributed by atoms with Gasteiger partial charge in [0.15, 0.2) is 0 Å². The van der Waals surface area contributed by atoms with Gasteiger partial charge in [-0.1, -0.05) is 76.6 Å². The molecule has 39 heavy (non-hydrogen) atoms. The minimum Gasteiger partial charge on any atom is -0.487 e. The van der Waals surface area contributed by atoms with E-state index >= 15 is 0 Å². The van der Waals surface area contributed by atoms with Crippen molar-refractivity contribution < 1.29 is 19.1 Å². The number of likely N-dealkylation sites (N-methyl/N-ethyl adjacent to an activating group) is 1. The van der Waals surface area contributed by atoms with Crippen LogP contribution in [0.2, 0.25) is 0 Å². The lowest BCUT2D eigenvalue weighted by Crippen LogP contribution is -2.62. The number of nitrogens with zero attached hydrogens (tertiary/aromatic N) is 1. The molecule has 0 fully saturated rings. The molecule has 2 heterocycles. The third kappa shape index (κ3) is 8.17. The monoisotopic (exact) mass is 534 g/mol. The lowest BCUT2D eigenvalue weighted by atomic mass is 9.94. The summed E-state index contributed by atoms with van der Waals surface area (Å²) < 4.78 is 6.35. The predicted octanol–water partition coefficient (Wildman–Crippen LogP) is 3.38. The van der Waals surface area contributed by atoms with Crippen molar-refractivity contribution in [1.29, 1.82) is 0 Å². The lowest BCUT2D eigenvalue weighted by molar-refractivity contribution is -0.136. The summed E-state index contributed by atoms with van der Waals surface area (Å²) >= 11 is 0. The van der Waals surface area contributed by atoms with E-state index in [1.807, 2.05) is 101 Å². The van der Waals surface area contributed by atoms with Crippen molar-refractivity contribution >= 4 is 23.8 Å². The van der Waals surface area contributed by atoms with Crippen LogP contribution in [0.4, 0.5) is 0 Å². The molecule has 2 aliphatic heterocycles. The third-order valence-electron chi connectivity index (χ3n) is 7.21. The molecule has 0 saturated carbocycles. The molecule has 2 aromatic rings. The van der Waals surface area contributed by atoms with E-state index in [0.29, 0.717) is 18.6 Å². The van der Waals surface area contributed by atoms with Gasteiger partial charge in [0.2, 0.25) is 17.7 Å². The highest BCUT2D eigenvalue weighted by atomic mass is 16.5. The van der Waals surface area contributed by atoms with Gasteiger partial charge >= 0.3 is 0 Å². The second-order valence-electron chi connectivity index (χ2n) is 10.8. The fraction of sp³-hybridized carbons (Fsp3) is 0.452. The minimum atomic E-state index is -1.03. The molecule has 8 heteroatoms. The largest absolute Gasteiger partial charge is 0.487 e. The van der Waals surface area contributed by atoms with Crippen molar-refractivity contribution in [3.8, 4) is 5.75 Å². The number of carbonyl (C=O) groups excluding carboxylic acids is 3. The molecule has 5 atom stereocenters. The maximum Gasteiger partial charge on any atom is 0.247 e. The molecule has 0 radical (unpaired) electrons. The van der Waals surface area contributed by atoms with Crippen LogP contribution in [0.1, 0.15) is 45.2 Å². The van der Waals surface area contributed by atoms with Crippen LogP contribution in [-0.4, -0.2) is 60.9 Å². The highest BCUT2D eigenvalue weighted by Gasteiger charge is 2.38. The van der Waals surface area contributed by atoms with Crippen molar-refractivity contribution in [2.75, 3.05) is 14.1 Å². The molecule has 0 spiro atoms. The zero-order chi connectivity index (χ0) is 28.5. The van der Waals surface area contributed by atoms with Gasteiger partial charge in [0.05, 0.1) is 6.04 Å². The topological polar surface area (TPSA) is 99.8 Å². The molecule has 4 rings (SSSR count). The number of ether oxygens (including phenoxy) is 1. The first kappa shape index (κ1) is 29.9. The SMILES string of the molecule is CC[C@H](C)[C@@H]1NC(=O)[C@@H](NC(=O)[C@@H](Cc2ccccc2)N(C)C)[C@@H](C(C)C)Oc2ccc(cc2)/C=C/NC1=O. The molecule has 2 aliphatic rings. The number of rotatable bonds is 8. The Morgan fingerprint density at radius 3 is 2.26 bits per heavy atom. The van der Waals surface area contributed by atoms with E-state index in [9.17, 15) is 14.4 Å². The van der Waals surface area contributed by atoms with Gasteiger partial charge in [-0.3, -0.25) is 19.3 Å². The maximum atomic E-state index is 13.9. The smallest absolute Gasteiger partial charge is 0.247 e. The Kier molecular flexibility index (Phi) is 10.7. The van der Waals surface area contributed by atoms with E-state index in [2.05, 4.69) is 16.0 Å². The zero-order valence-electron chi connectivity index (χ0n) is 23.8. The van der Waals surface area contributed by atoms with Gasteiger partial charge in [0.25, 0.3) is 0 Å². The second kappa shape index (κ2) is 13.9. The van der Waals surface area contributed by atoms with Crippen LogP contribution in [0.25, 0.3) is 6.08 Å². The first-order chi connectivity index (χ1) is 18.6. The van der Waals surface area contributed by atoms with E-state index in [-0.39, 0.29) is 23.7 Å². The van der Waals surface area contributed by atoms with Gasteiger partial charge in [-0.25, -0.2) is 0 Å². The van der Waals surface area contributed by atoms with Gasteiger partial charge in [0.1, 0.15) is 23.9 Å². The highest BCUT2D eigenvalue weighted by Crippen LogP contribution is 2.21. The van der Waals surface area contributed by atoms with Gasteiger partial charge in [-0.05, 0) is 61.7 Å². The number of hydrogen-bond donors (Lipinski definition) is 3. The van der Waals surface area contributed by atoms with E-state index < -0.39 is 30.1 Å². The van der Waals surface area contributed by atoms with Crippen LogP contribution in [0.5, 0.6) is 5.75 Å². The first-order valence-corrected chi connectivity index (χ1v) is 13.7. The Balaban J connectivity index is 1.99. The Bertz CT molecular complexity index is 1130. The van der Waals surface area contributed by atoms with Crippen LogP contribution < -0.4 is 20.7 Å². The lowest BCUT2D eigenvalue weighted by Gasteiger charge is -2.34. The van der Waals surface area contributed by atoms with Gasteiger partial charge in [-0.15, -0.1) is 0 Å². The summed E-state index contributed by atoms with van der Waals surface area (Å²) in [4.78, 5) is 42.6. The summed E-state index contributed by atoms with van der Waals surface area (Å²) in [5.74, 6) is -0.734. The van der Waals surface area contributed by atoms with Crippen LogP contribution in [-0.2, 0) is 20.8 Å². The summed E-state index contributed by atoms with van der Waals surface area (Å²) in [6, 6.07) is 14.8. The Morgan fingerprint density at radius 2 is 1.67 bits per heavy atom. The maximum absolute atomic E-state index is 13.9. The van der Waals surface area contributed by atoms with E-state index in [0.717, 1.165) is 11.1 Å². The van der Waals surface area contributed by atoms with Crippen LogP contribution >= 0.6 is 0 Å². The fourth-order valence-electron chi connectivity index (χ4n) is 4.55. The summed E-state index contributed by atoms with van der Waals surface area (Å²) in [6.07, 6.45) is 3.85. The highest BCUT2D eigenvalue weighted by molar-refractivity contribution is 5.94. The molecule has 0 aromatic heterocycles. The van der Waals surface area contributed by atoms with Crippen molar-refractivity contribution in [1.82, 2.24) is 20.9 Å². The normalized spacial score (nSPS) is 22.3. The molecular weight excluding hydrogens is 492 g/mol. The van der Waals surface area contributed by atoms with Gasteiger partial charge < -0.3 is 20.7 Å². The molecule has 210 valence electrons. The quantitative estimate of drug-likeness (QED) is 0.482. The Hall–Kier alpha value is -3.65. The molecule has 0 saturated heterocycles.